The Hall–Kier alpha value is -1.60. The van der Waals surface area contributed by atoms with Gasteiger partial charge < -0.3 is 0 Å². The van der Waals surface area contributed by atoms with Gasteiger partial charge in [0, 0.05) is 13.1 Å². The van der Waals surface area contributed by atoms with Crippen molar-refractivity contribution in [1.82, 2.24) is 4.90 Å². The van der Waals surface area contributed by atoms with Gasteiger partial charge in [0.2, 0.25) is 0 Å². The van der Waals surface area contributed by atoms with E-state index < -0.39 is 0 Å². The molecule has 1 aliphatic heterocycles. The Balaban J connectivity index is 2.07. The van der Waals surface area contributed by atoms with Gasteiger partial charge in [-0.25, -0.2) is 0 Å². The minimum absolute atomic E-state index is 1.09. The normalized spacial score (nSPS) is 16.4. The van der Waals surface area contributed by atoms with Crippen LogP contribution in [0.5, 0.6) is 0 Å². The maximum Gasteiger partial charge on any atom is 0.0240 e. The van der Waals surface area contributed by atoms with Gasteiger partial charge in [0.25, 0.3) is 0 Å². The van der Waals surface area contributed by atoms with E-state index in [-0.39, 0.29) is 0 Å². The van der Waals surface area contributed by atoms with Crippen molar-refractivity contribution in [3.05, 3.63) is 54.1 Å². The minimum Gasteiger partial charge on any atom is -0.296 e. The van der Waals surface area contributed by atoms with E-state index in [0.29, 0.717) is 0 Å². The molecule has 1 heterocycles. The second-order valence-electron chi connectivity index (χ2n) is 4.58. The van der Waals surface area contributed by atoms with Crippen molar-refractivity contribution >= 4 is 16.3 Å². The van der Waals surface area contributed by atoms with Crippen LogP contribution in [0.3, 0.4) is 0 Å². The molecule has 0 atom stereocenters. The van der Waals surface area contributed by atoms with Crippen molar-refractivity contribution in [2.75, 3.05) is 19.6 Å². The van der Waals surface area contributed by atoms with Crippen LogP contribution in [0.1, 0.15) is 12.5 Å². The molecule has 2 aromatic carbocycles. The Morgan fingerprint density at radius 3 is 2.71 bits per heavy atom. The van der Waals surface area contributed by atoms with Gasteiger partial charge in [-0.2, -0.15) is 0 Å². The van der Waals surface area contributed by atoms with Gasteiger partial charge in [0.1, 0.15) is 0 Å². The zero-order valence-electron chi connectivity index (χ0n) is 10.2. The molecule has 0 aliphatic carbocycles. The van der Waals surface area contributed by atoms with Gasteiger partial charge in [-0.15, -0.1) is 0 Å². The molecule has 0 saturated carbocycles. The highest BCUT2D eigenvalue weighted by molar-refractivity contribution is 5.94. The van der Waals surface area contributed by atoms with Gasteiger partial charge >= 0.3 is 0 Å². The average Bonchev–Trinajstić information content (AvgIpc) is 2.87. The fourth-order valence-corrected chi connectivity index (χ4v) is 2.55. The van der Waals surface area contributed by atoms with Crippen molar-refractivity contribution in [2.45, 2.75) is 6.92 Å². The first-order valence-electron chi connectivity index (χ1n) is 6.28. The highest BCUT2D eigenvalue weighted by atomic mass is 15.1. The summed E-state index contributed by atoms with van der Waals surface area (Å²) in [7, 11) is 0. The third-order valence-electron chi connectivity index (χ3n) is 3.57. The lowest BCUT2D eigenvalue weighted by atomic mass is 9.99. The molecular formula is C16H17N. The Morgan fingerprint density at radius 2 is 1.88 bits per heavy atom. The largest absolute Gasteiger partial charge is 0.296 e. The first-order chi connectivity index (χ1) is 8.38. The molecule has 0 N–H and O–H groups in total. The smallest absolute Gasteiger partial charge is 0.0240 e. The third-order valence-corrected chi connectivity index (χ3v) is 3.57. The molecule has 86 valence electrons. The third kappa shape index (κ3) is 1.87. The second-order valence-corrected chi connectivity index (χ2v) is 4.58. The maximum absolute atomic E-state index is 2.46. The molecule has 1 nitrogen and oxygen atoms in total. The van der Waals surface area contributed by atoms with Crippen molar-refractivity contribution in [3.63, 3.8) is 0 Å². The number of hydrogen-bond donors (Lipinski definition) is 0. The molecule has 1 aliphatic rings. The lowest BCUT2D eigenvalue weighted by Gasteiger charge is -2.13. The Kier molecular flexibility index (Phi) is 2.69. The summed E-state index contributed by atoms with van der Waals surface area (Å²) in [5, 5.41) is 2.71. The zero-order valence-corrected chi connectivity index (χ0v) is 10.2. The summed E-state index contributed by atoms with van der Waals surface area (Å²) in [6.07, 6.45) is 2.37. The average molecular weight is 223 g/mol. The van der Waals surface area contributed by atoms with Crippen LogP contribution in [0.2, 0.25) is 0 Å². The van der Waals surface area contributed by atoms with Crippen molar-refractivity contribution in [3.8, 4) is 0 Å². The van der Waals surface area contributed by atoms with E-state index in [1.807, 2.05) is 0 Å². The Morgan fingerprint density at radius 1 is 1.06 bits per heavy atom. The number of likely N-dealkylation sites (N-methyl/N-ethyl adjacent to an activating group) is 1. The van der Waals surface area contributed by atoms with E-state index >= 15 is 0 Å². The molecule has 2 aromatic rings. The number of nitrogens with zero attached hydrogens (tertiary/aromatic N) is 1. The van der Waals surface area contributed by atoms with E-state index in [4.69, 9.17) is 0 Å². The predicted octanol–water partition coefficient (Wildman–Crippen LogP) is 3.56. The molecule has 0 amide bonds. The molecule has 17 heavy (non-hydrogen) atoms. The summed E-state index contributed by atoms with van der Waals surface area (Å²) in [6.45, 7) is 5.53. The van der Waals surface area contributed by atoms with Crippen LogP contribution in [-0.4, -0.2) is 24.5 Å². The van der Waals surface area contributed by atoms with Gasteiger partial charge in [0.05, 0.1) is 0 Å². The van der Waals surface area contributed by atoms with Crippen molar-refractivity contribution in [2.24, 2.45) is 0 Å². The molecule has 1 heteroatoms. The monoisotopic (exact) mass is 223 g/mol. The van der Waals surface area contributed by atoms with Crippen LogP contribution < -0.4 is 0 Å². The van der Waals surface area contributed by atoms with E-state index in [1.165, 1.54) is 21.9 Å². The summed E-state index contributed by atoms with van der Waals surface area (Å²) in [5.74, 6) is 0. The number of fused-ring (bicyclic) bond motifs is 1. The van der Waals surface area contributed by atoms with Gasteiger partial charge in [-0.3, -0.25) is 4.90 Å². The Labute approximate surface area is 102 Å². The molecule has 0 radical (unpaired) electrons. The van der Waals surface area contributed by atoms with Crippen LogP contribution in [0.25, 0.3) is 16.3 Å². The summed E-state index contributed by atoms with van der Waals surface area (Å²) in [5.41, 5.74) is 2.88. The van der Waals surface area contributed by atoms with E-state index in [9.17, 15) is 0 Å². The zero-order chi connectivity index (χ0) is 11.7. The standard InChI is InChI=1S/C16H17N/c1-2-17-11-10-14(12-17)16-9-5-7-13-6-3-4-8-15(13)16/h3-10H,2,11-12H2,1H3. The van der Waals surface area contributed by atoms with Crippen LogP contribution in [-0.2, 0) is 0 Å². The molecule has 0 fully saturated rings. The van der Waals surface area contributed by atoms with E-state index in [1.54, 1.807) is 0 Å². The van der Waals surface area contributed by atoms with Gasteiger partial charge in [-0.1, -0.05) is 55.5 Å². The first kappa shape index (κ1) is 10.5. The Bertz CT molecular complexity index is 563. The van der Waals surface area contributed by atoms with Crippen LogP contribution >= 0.6 is 0 Å². The van der Waals surface area contributed by atoms with E-state index in [0.717, 1.165) is 19.6 Å². The molecule has 0 unspecified atom stereocenters. The molecule has 0 bridgehead atoms. The molecule has 3 rings (SSSR count). The summed E-state index contributed by atoms with van der Waals surface area (Å²) in [6, 6.07) is 15.2. The fraction of sp³-hybridized carbons (Fsp3) is 0.250. The lowest BCUT2D eigenvalue weighted by molar-refractivity contribution is 0.376. The highest BCUT2D eigenvalue weighted by Gasteiger charge is 2.14. The topological polar surface area (TPSA) is 3.24 Å². The minimum atomic E-state index is 1.09. The number of rotatable bonds is 2. The molecule has 0 saturated heterocycles. The second kappa shape index (κ2) is 4.34. The lowest BCUT2D eigenvalue weighted by Crippen LogP contribution is -2.19. The number of hydrogen-bond acceptors (Lipinski definition) is 1. The molecule has 0 aromatic heterocycles. The van der Waals surface area contributed by atoms with Gasteiger partial charge in [0.15, 0.2) is 0 Å². The van der Waals surface area contributed by atoms with Crippen molar-refractivity contribution in [1.29, 1.82) is 0 Å². The van der Waals surface area contributed by atoms with Crippen LogP contribution in [0.4, 0.5) is 0 Å². The summed E-state index contributed by atoms with van der Waals surface area (Å²) >= 11 is 0. The van der Waals surface area contributed by atoms with Crippen LogP contribution in [0.15, 0.2) is 48.5 Å². The fourth-order valence-electron chi connectivity index (χ4n) is 2.55. The summed E-state index contributed by atoms with van der Waals surface area (Å²) in [4.78, 5) is 2.46. The first-order valence-corrected chi connectivity index (χ1v) is 6.28. The molecular weight excluding hydrogens is 206 g/mol. The summed E-state index contributed by atoms with van der Waals surface area (Å²) < 4.78 is 0. The SMILES string of the molecule is CCN1CC=C(c2cccc3ccccc23)C1. The predicted molar refractivity (Wildman–Crippen MR) is 74.0 cm³/mol. The highest BCUT2D eigenvalue weighted by Crippen LogP contribution is 2.27. The van der Waals surface area contributed by atoms with Gasteiger partial charge in [-0.05, 0) is 28.5 Å². The number of benzene rings is 2. The van der Waals surface area contributed by atoms with E-state index in [2.05, 4.69) is 60.4 Å². The molecule has 0 spiro atoms. The van der Waals surface area contributed by atoms with Crippen molar-refractivity contribution < 1.29 is 0 Å². The van der Waals surface area contributed by atoms with Crippen LogP contribution in [0, 0.1) is 0 Å². The quantitative estimate of drug-likeness (QED) is 0.752. The maximum atomic E-state index is 2.46.